The van der Waals surface area contributed by atoms with E-state index in [1.54, 1.807) is 30.5 Å². The molecule has 1 fully saturated rings. The Labute approximate surface area is 268 Å². The van der Waals surface area contributed by atoms with Gasteiger partial charge in [0.15, 0.2) is 6.23 Å². The van der Waals surface area contributed by atoms with Gasteiger partial charge in [-0.25, -0.2) is 0 Å². The molecule has 1 aliphatic rings. The summed E-state index contributed by atoms with van der Waals surface area (Å²) in [6.45, 7) is 2.47. The number of para-hydroxylation sites is 2. The van der Waals surface area contributed by atoms with Crippen LogP contribution in [0.15, 0.2) is 109 Å². The van der Waals surface area contributed by atoms with E-state index in [0.717, 1.165) is 35.6 Å². The van der Waals surface area contributed by atoms with E-state index < -0.39 is 6.23 Å². The SMILES string of the molecule is CCCc1ccc2c(C3CC3c3ccc4c(C(=O)NCc5ccc(C(O)Nc6ccccc6N)cn5)cccc4c3)ccnc2c1. The van der Waals surface area contributed by atoms with Crippen LogP contribution in [-0.4, -0.2) is 21.0 Å². The number of aliphatic hydroxyl groups excluding tert-OH is 1. The van der Waals surface area contributed by atoms with Gasteiger partial charge in [-0.3, -0.25) is 14.8 Å². The van der Waals surface area contributed by atoms with E-state index in [9.17, 15) is 9.90 Å². The number of rotatable bonds is 10. The number of carbonyl (C=O) groups is 1. The number of benzene rings is 4. The van der Waals surface area contributed by atoms with Gasteiger partial charge in [0.1, 0.15) is 0 Å². The van der Waals surface area contributed by atoms with Crippen LogP contribution in [0.25, 0.3) is 21.7 Å². The minimum absolute atomic E-state index is 0.152. The second-order valence-corrected chi connectivity index (χ2v) is 12.1. The Kier molecular flexibility index (Phi) is 8.07. The van der Waals surface area contributed by atoms with Crippen molar-refractivity contribution in [2.45, 2.75) is 50.8 Å². The van der Waals surface area contributed by atoms with Gasteiger partial charge < -0.3 is 21.5 Å². The molecule has 46 heavy (non-hydrogen) atoms. The molecule has 0 radical (unpaired) electrons. The van der Waals surface area contributed by atoms with Crippen molar-refractivity contribution in [3.63, 3.8) is 0 Å². The first kappa shape index (κ1) is 29.4. The lowest BCUT2D eigenvalue weighted by Gasteiger charge is -2.16. The van der Waals surface area contributed by atoms with Crippen LogP contribution in [0.3, 0.4) is 0 Å². The number of nitrogens with one attached hydrogen (secondary N) is 2. The van der Waals surface area contributed by atoms with E-state index in [2.05, 4.69) is 76.1 Å². The Balaban J connectivity index is 1.01. The fourth-order valence-electron chi connectivity index (χ4n) is 6.45. The molecule has 7 rings (SSSR count). The summed E-state index contributed by atoms with van der Waals surface area (Å²) >= 11 is 0. The normalized spacial score (nSPS) is 16.3. The molecule has 0 spiro atoms. The lowest BCUT2D eigenvalue weighted by atomic mass is 9.97. The molecule has 1 amide bonds. The zero-order valence-electron chi connectivity index (χ0n) is 25.8. The third-order valence-electron chi connectivity index (χ3n) is 8.99. The highest BCUT2D eigenvalue weighted by Crippen LogP contribution is 2.56. The largest absolute Gasteiger partial charge is 0.397 e. The van der Waals surface area contributed by atoms with Crippen molar-refractivity contribution in [2.75, 3.05) is 11.1 Å². The highest BCUT2D eigenvalue weighted by molar-refractivity contribution is 6.07. The van der Waals surface area contributed by atoms with Gasteiger partial charge in [-0.05, 0) is 88.5 Å². The first-order valence-corrected chi connectivity index (χ1v) is 15.9. The second-order valence-electron chi connectivity index (χ2n) is 12.1. The van der Waals surface area contributed by atoms with Gasteiger partial charge >= 0.3 is 0 Å². The molecule has 1 saturated carbocycles. The van der Waals surface area contributed by atoms with Crippen LogP contribution < -0.4 is 16.4 Å². The number of aliphatic hydroxyl groups is 1. The Bertz CT molecular complexity index is 2040. The highest BCUT2D eigenvalue weighted by Gasteiger charge is 2.40. The van der Waals surface area contributed by atoms with Crippen molar-refractivity contribution in [3.8, 4) is 0 Å². The summed E-state index contributed by atoms with van der Waals surface area (Å²) in [5.74, 6) is 0.773. The summed E-state index contributed by atoms with van der Waals surface area (Å²) in [7, 11) is 0. The molecule has 7 heteroatoms. The van der Waals surface area contributed by atoms with E-state index in [1.165, 1.54) is 22.1 Å². The molecule has 3 unspecified atom stereocenters. The van der Waals surface area contributed by atoms with Crippen LogP contribution in [0.4, 0.5) is 11.4 Å². The van der Waals surface area contributed by atoms with Crippen molar-refractivity contribution < 1.29 is 9.90 Å². The quantitative estimate of drug-likeness (QED) is 0.0941. The summed E-state index contributed by atoms with van der Waals surface area (Å²) in [4.78, 5) is 22.4. The van der Waals surface area contributed by atoms with Crippen molar-refractivity contribution in [3.05, 3.63) is 143 Å². The minimum atomic E-state index is -0.963. The van der Waals surface area contributed by atoms with Crippen LogP contribution >= 0.6 is 0 Å². The number of nitrogen functional groups attached to an aromatic ring is 1. The molecular formula is C39H37N5O2. The Morgan fingerprint density at radius 1 is 0.935 bits per heavy atom. The topological polar surface area (TPSA) is 113 Å². The third kappa shape index (κ3) is 6.02. The molecule has 230 valence electrons. The fraction of sp³-hybridized carbons (Fsp3) is 0.205. The van der Waals surface area contributed by atoms with Crippen LogP contribution in [0.1, 0.15) is 76.1 Å². The van der Waals surface area contributed by atoms with E-state index in [0.29, 0.717) is 40.0 Å². The lowest BCUT2D eigenvalue weighted by molar-refractivity contribution is 0.0952. The molecule has 0 bridgehead atoms. The van der Waals surface area contributed by atoms with E-state index in [-0.39, 0.29) is 12.5 Å². The van der Waals surface area contributed by atoms with Gasteiger partial charge in [-0.2, -0.15) is 0 Å². The number of aromatic nitrogens is 2. The summed E-state index contributed by atoms with van der Waals surface area (Å²) in [6, 6.07) is 32.1. The van der Waals surface area contributed by atoms with Crippen LogP contribution in [-0.2, 0) is 13.0 Å². The van der Waals surface area contributed by atoms with Gasteiger partial charge in [0.25, 0.3) is 5.91 Å². The number of carbonyl (C=O) groups excluding carboxylic acids is 1. The summed E-state index contributed by atoms with van der Waals surface area (Å²) in [5, 5.41) is 19.8. The number of amides is 1. The third-order valence-corrected chi connectivity index (χ3v) is 8.99. The first-order chi connectivity index (χ1) is 22.5. The van der Waals surface area contributed by atoms with Crippen molar-refractivity contribution in [1.82, 2.24) is 15.3 Å². The Morgan fingerprint density at radius 2 is 1.80 bits per heavy atom. The lowest BCUT2D eigenvalue weighted by Crippen LogP contribution is -2.23. The molecule has 4 aromatic carbocycles. The average Bonchev–Trinajstić information content (AvgIpc) is 3.89. The van der Waals surface area contributed by atoms with Crippen molar-refractivity contribution in [1.29, 1.82) is 0 Å². The first-order valence-electron chi connectivity index (χ1n) is 15.9. The number of aryl methyl sites for hydroxylation is 1. The Hall–Kier alpha value is -5.27. The number of fused-ring (bicyclic) bond motifs is 2. The molecule has 6 aromatic rings. The smallest absolute Gasteiger partial charge is 0.252 e. The average molecular weight is 608 g/mol. The van der Waals surface area contributed by atoms with Crippen LogP contribution in [0, 0.1) is 0 Å². The molecule has 7 nitrogen and oxygen atoms in total. The molecule has 0 saturated heterocycles. The fourth-order valence-corrected chi connectivity index (χ4v) is 6.45. The predicted octanol–water partition coefficient (Wildman–Crippen LogP) is 7.62. The number of hydrogen-bond donors (Lipinski definition) is 4. The van der Waals surface area contributed by atoms with Crippen molar-refractivity contribution in [2.24, 2.45) is 0 Å². The predicted molar refractivity (Wildman–Crippen MR) is 185 cm³/mol. The number of pyridine rings is 2. The van der Waals surface area contributed by atoms with Gasteiger partial charge in [-0.15, -0.1) is 0 Å². The molecule has 3 atom stereocenters. The second kappa shape index (κ2) is 12.6. The molecule has 2 heterocycles. The Morgan fingerprint density at radius 3 is 2.63 bits per heavy atom. The summed E-state index contributed by atoms with van der Waals surface area (Å²) in [5.41, 5.74) is 14.2. The maximum absolute atomic E-state index is 13.3. The standard InChI is InChI=1S/C39H37N5O2/c1-2-6-24-11-15-31-30(17-18-41-37(31)19-24)34-21-33(34)26-13-16-29-25(20-26)7-5-8-32(29)39(46)43-23-28-14-12-27(22-42-28)38(45)44-36-10-4-3-9-35(36)40/h3-5,7-20,22,33-34,38,44-45H,2,6,21,23,40H2,1H3,(H,43,46). The van der Waals surface area contributed by atoms with E-state index in [4.69, 9.17) is 5.73 Å². The number of nitrogens with zero attached hydrogens (tertiary/aromatic N) is 2. The molecular weight excluding hydrogens is 570 g/mol. The van der Waals surface area contributed by atoms with Gasteiger partial charge in [0.2, 0.25) is 0 Å². The monoisotopic (exact) mass is 607 g/mol. The number of hydrogen-bond acceptors (Lipinski definition) is 6. The zero-order valence-corrected chi connectivity index (χ0v) is 25.8. The molecule has 5 N–H and O–H groups in total. The highest BCUT2D eigenvalue weighted by atomic mass is 16.3. The van der Waals surface area contributed by atoms with Crippen molar-refractivity contribution >= 4 is 39.0 Å². The maximum atomic E-state index is 13.3. The molecule has 0 aliphatic heterocycles. The van der Waals surface area contributed by atoms with Gasteiger partial charge in [0.05, 0.1) is 29.1 Å². The minimum Gasteiger partial charge on any atom is -0.397 e. The van der Waals surface area contributed by atoms with E-state index in [1.807, 2.05) is 30.5 Å². The number of anilines is 2. The van der Waals surface area contributed by atoms with Gasteiger partial charge in [0, 0.05) is 28.9 Å². The van der Waals surface area contributed by atoms with Gasteiger partial charge in [-0.1, -0.05) is 74.0 Å². The summed E-state index contributed by atoms with van der Waals surface area (Å²) in [6.07, 6.45) is 5.89. The molecule has 2 aromatic heterocycles. The zero-order chi connectivity index (χ0) is 31.6. The van der Waals surface area contributed by atoms with E-state index >= 15 is 0 Å². The van der Waals surface area contributed by atoms with Crippen LogP contribution in [0.5, 0.6) is 0 Å². The summed E-state index contributed by atoms with van der Waals surface area (Å²) < 4.78 is 0. The molecule has 1 aliphatic carbocycles. The number of nitrogens with two attached hydrogens (primary N) is 1. The van der Waals surface area contributed by atoms with Crippen LogP contribution in [0.2, 0.25) is 0 Å². The maximum Gasteiger partial charge on any atom is 0.252 e.